The topological polar surface area (TPSA) is 79.6 Å². The van der Waals surface area contributed by atoms with Crippen LogP contribution in [0.3, 0.4) is 0 Å². The number of methoxy groups -OCH3 is 1. The Hall–Kier alpha value is -4.28. The monoisotopic (exact) mass is 510 g/mol. The summed E-state index contributed by atoms with van der Waals surface area (Å²) in [7, 11) is 1.55. The highest BCUT2D eigenvalue weighted by atomic mass is 32.2. The second kappa shape index (κ2) is 12.1. The zero-order valence-electron chi connectivity index (χ0n) is 20.5. The number of imide groups is 1. The Morgan fingerprint density at radius 3 is 2.54 bits per heavy atom. The molecule has 1 heterocycles. The molecular formula is C30H26N2O4S. The lowest BCUT2D eigenvalue weighted by atomic mass is 10.0. The van der Waals surface area contributed by atoms with E-state index < -0.39 is 0 Å². The Balaban J connectivity index is 1.57. The van der Waals surface area contributed by atoms with Gasteiger partial charge < -0.3 is 9.47 Å². The van der Waals surface area contributed by atoms with Crippen LogP contribution in [0.4, 0.5) is 4.79 Å². The molecule has 1 aliphatic heterocycles. The zero-order valence-corrected chi connectivity index (χ0v) is 21.3. The first-order chi connectivity index (χ1) is 18.0. The number of allylic oxidation sites excluding steroid dienone is 1. The number of hydrogen-bond donors (Lipinski definition) is 0. The van der Waals surface area contributed by atoms with E-state index in [2.05, 4.69) is 12.6 Å². The molecule has 0 aliphatic carbocycles. The van der Waals surface area contributed by atoms with E-state index in [0.717, 1.165) is 28.5 Å². The zero-order chi connectivity index (χ0) is 26.2. The fraction of sp³-hybridized carbons (Fsp3) is 0.167. The molecule has 0 atom stereocenters. The Labute approximate surface area is 220 Å². The van der Waals surface area contributed by atoms with Crippen molar-refractivity contribution in [2.45, 2.75) is 19.4 Å². The van der Waals surface area contributed by atoms with Gasteiger partial charge in [0.15, 0.2) is 11.5 Å². The molecule has 0 saturated carbocycles. The molecule has 1 fully saturated rings. The van der Waals surface area contributed by atoms with Gasteiger partial charge in [0.2, 0.25) is 0 Å². The van der Waals surface area contributed by atoms with Crippen molar-refractivity contribution in [1.82, 2.24) is 4.90 Å². The summed E-state index contributed by atoms with van der Waals surface area (Å²) >= 11 is 0.936. The molecule has 0 aromatic heterocycles. The molecule has 7 heteroatoms. The molecule has 2 amide bonds. The van der Waals surface area contributed by atoms with E-state index in [1.54, 1.807) is 31.4 Å². The van der Waals surface area contributed by atoms with Crippen LogP contribution in [-0.4, -0.2) is 29.7 Å². The third-order valence-corrected chi connectivity index (χ3v) is 6.79. The van der Waals surface area contributed by atoms with Gasteiger partial charge in [-0.2, -0.15) is 5.26 Å². The molecule has 0 spiro atoms. The SMILES string of the molecule is C=CCc1cc(/C=C2\SC(=O)N(CCc3ccccc3)C2=O)cc(OC)c1OCc1ccccc1C#N. The average molecular weight is 511 g/mol. The molecule has 1 saturated heterocycles. The van der Waals surface area contributed by atoms with Gasteiger partial charge in [-0.15, -0.1) is 6.58 Å². The number of ether oxygens (including phenoxy) is 2. The van der Waals surface area contributed by atoms with Crippen molar-refractivity contribution in [3.63, 3.8) is 0 Å². The summed E-state index contributed by atoms with van der Waals surface area (Å²) in [5.74, 6) is 0.732. The van der Waals surface area contributed by atoms with Crippen LogP contribution in [-0.2, 0) is 24.2 Å². The van der Waals surface area contributed by atoms with Crippen LogP contribution < -0.4 is 9.47 Å². The fourth-order valence-electron chi connectivity index (χ4n) is 4.02. The lowest BCUT2D eigenvalue weighted by Gasteiger charge is -2.16. The van der Waals surface area contributed by atoms with E-state index in [-0.39, 0.29) is 17.8 Å². The normalized spacial score (nSPS) is 14.1. The highest BCUT2D eigenvalue weighted by Crippen LogP contribution is 2.37. The lowest BCUT2D eigenvalue weighted by Crippen LogP contribution is -2.30. The minimum Gasteiger partial charge on any atom is -0.493 e. The number of benzene rings is 3. The maximum Gasteiger partial charge on any atom is 0.293 e. The summed E-state index contributed by atoms with van der Waals surface area (Å²) in [5.41, 5.74) is 3.92. The third kappa shape index (κ3) is 6.11. The smallest absolute Gasteiger partial charge is 0.293 e. The van der Waals surface area contributed by atoms with Crippen molar-refractivity contribution in [2.75, 3.05) is 13.7 Å². The predicted molar refractivity (Wildman–Crippen MR) is 145 cm³/mol. The van der Waals surface area contributed by atoms with Gasteiger partial charge in [-0.05, 0) is 60.0 Å². The van der Waals surface area contributed by atoms with Crippen molar-refractivity contribution >= 4 is 29.0 Å². The number of thioether (sulfide) groups is 1. The molecular weight excluding hydrogens is 484 g/mol. The van der Waals surface area contributed by atoms with E-state index in [1.165, 1.54) is 4.90 Å². The van der Waals surface area contributed by atoms with Crippen LogP contribution >= 0.6 is 11.8 Å². The van der Waals surface area contributed by atoms with E-state index in [9.17, 15) is 14.9 Å². The Morgan fingerprint density at radius 1 is 1.05 bits per heavy atom. The first-order valence-corrected chi connectivity index (χ1v) is 12.6. The van der Waals surface area contributed by atoms with Crippen molar-refractivity contribution < 1.29 is 19.1 Å². The summed E-state index contributed by atoms with van der Waals surface area (Å²) in [6.07, 6.45) is 4.57. The second-order valence-electron chi connectivity index (χ2n) is 8.33. The summed E-state index contributed by atoms with van der Waals surface area (Å²) in [5, 5.41) is 9.09. The van der Waals surface area contributed by atoms with Crippen LogP contribution in [0.5, 0.6) is 11.5 Å². The molecule has 1 aliphatic rings. The summed E-state index contributed by atoms with van der Waals surface area (Å²) in [6.45, 7) is 4.37. The van der Waals surface area contributed by atoms with Crippen LogP contribution in [0.25, 0.3) is 6.08 Å². The second-order valence-corrected chi connectivity index (χ2v) is 9.32. The molecule has 0 unspecified atom stereocenters. The van der Waals surface area contributed by atoms with Crippen LogP contribution in [0.15, 0.2) is 84.3 Å². The van der Waals surface area contributed by atoms with Crippen molar-refractivity contribution in [1.29, 1.82) is 5.26 Å². The van der Waals surface area contributed by atoms with Gasteiger partial charge in [0.1, 0.15) is 6.61 Å². The fourth-order valence-corrected chi connectivity index (χ4v) is 4.89. The molecule has 186 valence electrons. The summed E-state index contributed by atoms with van der Waals surface area (Å²) in [4.78, 5) is 27.2. The molecule has 0 N–H and O–H groups in total. The molecule has 6 nitrogen and oxygen atoms in total. The largest absolute Gasteiger partial charge is 0.493 e. The Morgan fingerprint density at radius 2 is 1.81 bits per heavy atom. The predicted octanol–water partition coefficient (Wildman–Crippen LogP) is 6.15. The number of amides is 2. The van der Waals surface area contributed by atoms with E-state index in [4.69, 9.17) is 9.47 Å². The van der Waals surface area contributed by atoms with Crippen LogP contribution in [0.1, 0.15) is 27.8 Å². The van der Waals surface area contributed by atoms with Gasteiger partial charge in [0, 0.05) is 17.7 Å². The van der Waals surface area contributed by atoms with E-state index in [1.807, 2.05) is 54.6 Å². The number of rotatable bonds is 10. The number of hydrogen-bond acceptors (Lipinski definition) is 6. The highest BCUT2D eigenvalue weighted by molar-refractivity contribution is 8.18. The van der Waals surface area contributed by atoms with Crippen molar-refractivity contribution in [3.8, 4) is 17.6 Å². The highest BCUT2D eigenvalue weighted by Gasteiger charge is 2.34. The molecule has 3 aromatic carbocycles. The molecule has 0 radical (unpaired) electrons. The van der Waals surface area contributed by atoms with Crippen molar-refractivity contribution in [3.05, 3.63) is 112 Å². The third-order valence-electron chi connectivity index (χ3n) is 5.89. The average Bonchev–Trinajstić information content (AvgIpc) is 3.18. The summed E-state index contributed by atoms with van der Waals surface area (Å²) < 4.78 is 11.7. The van der Waals surface area contributed by atoms with Gasteiger partial charge in [-0.3, -0.25) is 14.5 Å². The van der Waals surface area contributed by atoms with E-state index >= 15 is 0 Å². The van der Waals surface area contributed by atoms with Gasteiger partial charge in [-0.1, -0.05) is 54.6 Å². The Bertz CT molecular complexity index is 1390. The number of carbonyl (C=O) groups is 2. The number of nitrogens with zero attached hydrogens (tertiary/aromatic N) is 2. The summed E-state index contributed by atoms with van der Waals surface area (Å²) in [6, 6.07) is 22.9. The lowest BCUT2D eigenvalue weighted by molar-refractivity contribution is -0.122. The maximum absolute atomic E-state index is 13.0. The van der Waals surface area contributed by atoms with Crippen LogP contribution in [0, 0.1) is 11.3 Å². The number of carbonyl (C=O) groups excluding carboxylic acids is 2. The first kappa shape index (κ1) is 25.8. The maximum atomic E-state index is 13.0. The molecule has 3 aromatic rings. The van der Waals surface area contributed by atoms with E-state index in [0.29, 0.717) is 46.9 Å². The molecule has 4 rings (SSSR count). The van der Waals surface area contributed by atoms with Gasteiger partial charge in [-0.25, -0.2) is 0 Å². The van der Waals surface area contributed by atoms with Gasteiger partial charge >= 0.3 is 0 Å². The quantitative estimate of drug-likeness (QED) is 0.240. The molecule has 0 bridgehead atoms. The van der Waals surface area contributed by atoms with Gasteiger partial charge in [0.05, 0.1) is 23.6 Å². The van der Waals surface area contributed by atoms with Crippen molar-refractivity contribution in [2.24, 2.45) is 0 Å². The minimum absolute atomic E-state index is 0.198. The van der Waals surface area contributed by atoms with Crippen LogP contribution in [0.2, 0.25) is 0 Å². The Kier molecular flexibility index (Phi) is 8.44. The van der Waals surface area contributed by atoms with Gasteiger partial charge in [0.25, 0.3) is 11.1 Å². The first-order valence-electron chi connectivity index (χ1n) is 11.8. The standard InChI is InChI=1S/C30H26N2O4S/c1-3-9-23-16-22(17-26(35-2)28(23)36-20-25-13-8-7-12-24(25)19-31)18-27-29(33)32(30(34)37-27)15-14-21-10-5-4-6-11-21/h3-8,10-13,16-18H,1,9,14-15,20H2,2H3/b27-18-. The number of nitriles is 1. The molecule has 37 heavy (non-hydrogen) atoms. The minimum atomic E-state index is -0.302.